The van der Waals surface area contributed by atoms with Crippen molar-refractivity contribution in [1.82, 2.24) is 9.88 Å². The number of hydrogen-bond donors (Lipinski definition) is 1. The average molecular weight is 429 g/mol. The van der Waals surface area contributed by atoms with E-state index in [2.05, 4.69) is 34.1 Å². The zero-order valence-electron chi connectivity index (χ0n) is 18.0. The number of H-pyrrole nitrogens is 1. The molecule has 6 rings (SSSR count). The van der Waals surface area contributed by atoms with E-state index in [1.165, 1.54) is 22.4 Å². The number of aromatic amines is 1. The molecule has 0 radical (unpaired) electrons. The molecule has 4 aromatic rings. The molecule has 0 aliphatic carbocycles. The lowest BCUT2D eigenvalue weighted by atomic mass is 9.85. The van der Waals surface area contributed by atoms with Crippen molar-refractivity contribution in [3.8, 4) is 11.5 Å². The van der Waals surface area contributed by atoms with Crippen molar-refractivity contribution >= 4 is 10.9 Å². The van der Waals surface area contributed by atoms with Crippen LogP contribution >= 0.6 is 0 Å². The second-order valence-electron chi connectivity index (χ2n) is 8.69. The third-order valence-corrected chi connectivity index (χ3v) is 6.85. The highest BCUT2D eigenvalue weighted by Gasteiger charge is 2.34. The number of rotatable bonds is 4. The fraction of sp³-hybridized carbons (Fsp3) is 0.259. The molecule has 1 unspecified atom stereocenters. The molecule has 1 aromatic heterocycles. The van der Waals surface area contributed by atoms with Crippen LogP contribution in [0.2, 0.25) is 0 Å². The van der Waals surface area contributed by atoms with Gasteiger partial charge in [0.25, 0.3) is 0 Å². The molecule has 2 aliphatic heterocycles. The van der Waals surface area contributed by atoms with Gasteiger partial charge in [-0.15, -0.1) is 0 Å². The van der Waals surface area contributed by atoms with Gasteiger partial charge in [0, 0.05) is 35.7 Å². The summed E-state index contributed by atoms with van der Waals surface area (Å²) in [6.07, 6.45) is 1.88. The van der Waals surface area contributed by atoms with Crippen LogP contribution in [0, 0.1) is 5.82 Å². The predicted molar refractivity (Wildman–Crippen MR) is 123 cm³/mol. The van der Waals surface area contributed by atoms with Gasteiger partial charge in [0.2, 0.25) is 0 Å². The molecule has 32 heavy (non-hydrogen) atoms. The predicted octanol–water partition coefficient (Wildman–Crippen LogP) is 5.55. The standard InChI is InChI=1S/C27H25FN2O2/c1-31-26-14-21-18(11-27(26)32-16-17-5-3-2-4-6-17)9-10-30-15-24-22(13-25(21)30)20-8-7-19(28)12-23(20)29-24/h2-8,11-12,14,25,29H,9-10,13,15-16H2,1H3. The van der Waals surface area contributed by atoms with Gasteiger partial charge in [0.1, 0.15) is 12.4 Å². The molecule has 0 saturated carbocycles. The van der Waals surface area contributed by atoms with Crippen molar-refractivity contribution in [2.75, 3.05) is 13.7 Å². The summed E-state index contributed by atoms with van der Waals surface area (Å²) in [6, 6.07) is 19.8. The summed E-state index contributed by atoms with van der Waals surface area (Å²) in [6.45, 7) is 2.36. The van der Waals surface area contributed by atoms with Crippen LogP contribution in [0.15, 0.2) is 60.7 Å². The first-order chi connectivity index (χ1) is 15.7. The number of nitrogens with one attached hydrogen (secondary N) is 1. The number of methoxy groups -OCH3 is 1. The number of aromatic nitrogens is 1. The number of hydrogen-bond acceptors (Lipinski definition) is 3. The van der Waals surface area contributed by atoms with Gasteiger partial charge >= 0.3 is 0 Å². The molecule has 3 aromatic carbocycles. The quantitative estimate of drug-likeness (QED) is 0.463. The molecule has 1 atom stereocenters. The van der Waals surface area contributed by atoms with Gasteiger partial charge in [-0.25, -0.2) is 4.39 Å². The van der Waals surface area contributed by atoms with Gasteiger partial charge in [-0.1, -0.05) is 30.3 Å². The van der Waals surface area contributed by atoms with Crippen molar-refractivity contribution in [3.05, 3.63) is 94.4 Å². The van der Waals surface area contributed by atoms with Crippen molar-refractivity contribution in [1.29, 1.82) is 0 Å². The number of nitrogens with zero attached hydrogens (tertiary/aromatic N) is 1. The Balaban J connectivity index is 1.33. The zero-order valence-corrected chi connectivity index (χ0v) is 18.0. The zero-order chi connectivity index (χ0) is 21.7. The van der Waals surface area contributed by atoms with E-state index in [0.717, 1.165) is 53.9 Å². The van der Waals surface area contributed by atoms with E-state index in [-0.39, 0.29) is 11.9 Å². The molecular weight excluding hydrogens is 403 g/mol. The molecule has 0 amide bonds. The Kier molecular flexibility index (Phi) is 4.65. The molecule has 0 bridgehead atoms. The van der Waals surface area contributed by atoms with Crippen LogP contribution in [0.3, 0.4) is 0 Å². The smallest absolute Gasteiger partial charge is 0.161 e. The van der Waals surface area contributed by atoms with Crippen LogP contribution in [0.25, 0.3) is 10.9 Å². The number of benzene rings is 3. The highest BCUT2D eigenvalue weighted by molar-refractivity contribution is 5.85. The van der Waals surface area contributed by atoms with E-state index in [9.17, 15) is 4.39 Å². The normalized spacial score (nSPS) is 17.5. The van der Waals surface area contributed by atoms with Crippen LogP contribution in [-0.2, 0) is 26.0 Å². The maximum Gasteiger partial charge on any atom is 0.161 e. The van der Waals surface area contributed by atoms with E-state index in [1.54, 1.807) is 19.2 Å². The fourth-order valence-electron chi connectivity index (χ4n) is 5.25. The van der Waals surface area contributed by atoms with Gasteiger partial charge in [-0.2, -0.15) is 0 Å². The maximum absolute atomic E-state index is 13.7. The second-order valence-corrected chi connectivity index (χ2v) is 8.69. The van der Waals surface area contributed by atoms with E-state index >= 15 is 0 Å². The summed E-state index contributed by atoms with van der Waals surface area (Å²) in [7, 11) is 1.70. The Morgan fingerprint density at radius 3 is 2.78 bits per heavy atom. The summed E-state index contributed by atoms with van der Waals surface area (Å²) < 4.78 is 25.6. The van der Waals surface area contributed by atoms with Crippen LogP contribution in [0.5, 0.6) is 11.5 Å². The van der Waals surface area contributed by atoms with Crippen molar-refractivity contribution in [2.24, 2.45) is 0 Å². The Morgan fingerprint density at radius 2 is 1.94 bits per heavy atom. The third-order valence-electron chi connectivity index (χ3n) is 6.85. The van der Waals surface area contributed by atoms with Crippen molar-refractivity contribution in [3.63, 3.8) is 0 Å². The summed E-state index contributed by atoms with van der Waals surface area (Å²) >= 11 is 0. The fourth-order valence-corrected chi connectivity index (χ4v) is 5.25. The highest BCUT2D eigenvalue weighted by atomic mass is 19.1. The summed E-state index contributed by atoms with van der Waals surface area (Å²) in [5, 5.41) is 1.13. The summed E-state index contributed by atoms with van der Waals surface area (Å²) in [4.78, 5) is 5.97. The largest absolute Gasteiger partial charge is 0.493 e. The average Bonchev–Trinajstić information content (AvgIpc) is 3.17. The molecule has 3 heterocycles. The molecular formula is C27H25FN2O2. The molecule has 0 saturated heterocycles. The minimum absolute atomic E-state index is 0.202. The molecule has 5 heteroatoms. The third kappa shape index (κ3) is 3.24. The van der Waals surface area contributed by atoms with Gasteiger partial charge in [0.05, 0.1) is 7.11 Å². The lowest BCUT2D eigenvalue weighted by Crippen LogP contribution is -2.39. The van der Waals surface area contributed by atoms with Crippen LogP contribution in [0.4, 0.5) is 4.39 Å². The lowest BCUT2D eigenvalue weighted by Gasteiger charge is -2.40. The van der Waals surface area contributed by atoms with Crippen molar-refractivity contribution in [2.45, 2.75) is 32.0 Å². The Morgan fingerprint density at radius 1 is 1.06 bits per heavy atom. The second kappa shape index (κ2) is 7.68. The summed E-state index contributed by atoms with van der Waals surface area (Å²) in [5.41, 5.74) is 7.16. The van der Waals surface area contributed by atoms with E-state index < -0.39 is 0 Å². The molecule has 0 spiro atoms. The number of ether oxygens (including phenoxy) is 2. The van der Waals surface area contributed by atoms with Crippen molar-refractivity contribution < 1.29 is 13.9 Å². The van der Waals surface area contributed by atoms with E-state index in [0.29, 0.717) is 6.61 Å². The maximum atomic E-state index is 13.7. The molecule has 1 N–H and O–H groups in total. The Hall–Kier alpha value is -3.31. The topological polar surface area (TPSA) is 37.5 Å². The van der Waals surface area contributed by atoms with Gasteiger partial charge in [0.15, 0.2) is 11.5 Å². The Bertz CT molecular complexity index is 1300. The summed E-state index contributed by atoms with van der Waals surface area (Å²) in [5.74, 6) is 1.36. The minimum Gasteiger partial charge on any atom is -0.493 e. The number of halogens is 1. The van der Waals surface area contributed by atoms with Gasteiger partial charge < -0.3 is 14.5 Å². The first-order valence-corrected chi connectivity index (χ1v) is 11.1. The number of fused-ring (bicyclic) bond motifs is 6. The molecule has 4 nitrogen and oxygen atoms in total. The molecule has 162 valence electrons. The Labute approximate surface area is 186 Å². The van der Waals surface area contributed by atoms with E-state index in [1.807, 2.05) is 24.3 Å². The molecule has 2 aliphatic rings. The lowest BCUT2D eigenvalue weighted by molar-refractivity contribution is 0.158. The van der Waals surface area contributed by atoms with Crippen LogP contribution in [-0.4, -0.2) is 23.5 Å². The monoisotopic (exact) mass is 428 g/mol. The van der Waals surface area contributed by atoms with Gasteiger partial charge in [-0.3, -0.25) is 4.90 Å². The molecule has 0 fully saturated rings. The minimum atomic E-state index is -0.202. The van der Waals surface area contributed by atoms with Crippen LogP contribution < -0.4 is 9.47 Å². The first-order valence-electron chi connectivity index (χ1n) is 11.1. The van der Waals surface area contributed by atoms with E-state index in [4.69, 9.17) is 9.47 Å². The highest BCUT2D eigenvalue weighted by Crippen LogP contribution is 2.44. The van der Waals surface area contributed by atoms with Crippen LogP contribution in [0.1, 0.15) is 34.0 Å². The first kappa shape index (κ1) is 19.4. The van der Waals surface area contributed by atoms with Gasteiger partial charge in [-0.05, 0) is 65.4 Å². The SMILES string of the molecule is COc1cc2c(cc1OCc1ccccc1)CCN1Cc3[nH]c4cc(F)ccc4c3CC21.